The summed E-state index contributed by atoms with van der Waals surface area (Å²) in [5.74, 6) is 2.75. The van der Waals surface area contributed by atoms with E-state index in [0.717, 1.165) is 55.6 Å². The van der Waals surface area contributed by atoms with Crippen molar-refractivity contribution in [2.45, 2.75) is 99.3 Å². The van der Waals surface area contributed by atoms with Crippen LogP contribution in [0.4, 0.5) is 0 Å². The molecule has 0 spiro atoms. The van der Waals surface area contributed by atoms with Crippen LogP contribution in [0.1, 0.15) is 96.9 Å². The van der Waals surface area contributed by atoms with Gasteiger partial charge in [0.15, 0.2) is 5.65 Å². The van der Waals surface area contributed by atoms with E-state index in [1.54, 1.807) is 0 Å². The number of benzene rings is 4. The van der Waals surface area contributed by atoms with E-state index in [9.17, 15) is 0 Å². The van der Waals surface area contributed by atoms with Crippen LogP contribution in [0, 0.1) is 48.6 Å². The van der Waals surface area contributed by atoms with Crippen molar-refractivity contribution in [1.29, 1.82) is 0 Å². The summed E-state index contributed by atoms with van der Waals surface area (Å²) in [5, 5.41) is 1.96. The molecule has 62 heavy (non-hydrogen) atoms. The van der Waals surface area contributed by atoms with Gasteiger partial charge < -0.3 is 14.1 Å². The molecule has 1 fully saturated rings. The first kappa shape index (κ1) is 40.8. The molecule has 1 saturated carbocycles. The van der Waals surface area contributed by atoms with E-state index < -0.39 is 0 Å². The first-order valence-electron chi connectivity index (χ1n) is 21.8. The van der Waals surface area contributed by atoms with Gasteiger partial charge in [0.1, 0.15) is 5.58 Å². The van der Waals surface area contributed by atoms with Crippen LogP contribution in [0.25, 0.3) is 66.9 Å². The van der Waals surface area contributed by atoms with Crippen molar-refractivity contribution in [3.63, 3.8) is 0 Å². The smallest absolute Gasteiger partial charge is 0.497 e. The zero-order chi connectivity index (χ0) is 42.4. The Balaban J connectivity index is 0.00000458. The molecule has 0 bridgehead atoms. The van der Waals surface area contributed by atoms with Crippen LogP contribution in [0.3, 0.4) is 0 Å². The number of hydrogen-bond acceptors (Lipinski definition) is 5. The van der Waals surface area contributed by atoms with Gasteiger partial charge in [0.25, 0.3) is 0 Å². The number of aromatic nitrogens is 5. The van der Waals surface area contributed by atoms with Gasteiger partial charge in [-0.25, -0.2) is 4.98 Å². The fraction of sp³-hybridized carbons (Fsp3) is 0.352. The number of pyridine rings is 2. The summed E-state index contributed by atoms with van der Waals surface area (Å²) in [4.78, 5) is 15.5. The molecular weight excluding hydrogens is 946 g/mol. The molecule has 5 aromatic heterocycles. The Morgan fingerprint density at radius 1 is 0.758 bits per heavy atom. The van der Waals surface area contributed by atoms with E-state index >= 15 is 0 Å². The number of hydrogen-bond donors (Lipinski definition) is 0. The Morgan fingerprint density at radius 2 is 1.48 bits per heavy atom. The van der Waals surface area contributed by atoms with Gasteiger partial charge in [0.05, 0.1) is 27.9 Å². The fourth-order valence-electron chi connectivity index (χ4n) is 12.6. The molecular formula is C54H53N5O2Pt. The van der Waals surface area contributed by atoms with Crippen molar-refractivity contribution < 1.29 is 30.2 Å². The molecule has 0 aliphatic heterocycles. The molecule has 1 unspecified atom stereocenters. The number of imidazole rings is 2. The van der Waals surface area contributed by atoms with Crippen molar-refractivity contribution in [2.75, 3.05) is 0 Å². The number of nitrogens with zero attached hydrogens (tertiary/aromatic N) is 5. The minimum atomic E-state index is -0.0524. The summed E-state index contributed by atoms with van der Waals surface area (Å²) < 4.78 is 17.6. The van der Waals surface area contributed by atoms with Crippen molar-refractivity contribution in [3.05, 3.63) is 126 Å². The van der Waals surface area contributed by atoms with E-state index in [1.165, 1.54) is 41.5 Å². The molecule has 0 amide bonds. The van der Waals surface area contributed by atoms with Gasteiger partial charge >= 0.3 is 21.1 Å². The number of aryl methyl sites for hydroxylation is 2. The Hall–Kier alpha value is -5.26. The number of fused-ring (bicyclic) bond motifs is 9. The number of rotatable bonds is 5. The molecule has 1 atom stereocenters. The second-order valence-corrected chi connectivity index (χ2v) is 20.9. The second-order valence-electron chi connectivity index (χ2n) is 20.9. The number of para-hydroxylation sites is 3. The van der Waals surface area contributed by atoms with Gasteiger partial charge in [-0.3, -0.25) is 8.97 Å². The molecule has 11 rings (SSSR count). The summed E-state index contributed by atoms with van der Waals surface area (Å²) in [5.41, 5.74) is 13.2. The third-order valence-corrected chi connectivity index (χ3v) is 14.4. The maximum Gasteiger partial charge on any atom is 2.00 e. The third kappa shape index (κ3) is 6.19. The van der Waals surface area contributed by atoms with E-state index in [4.69, 9.17) is 24.1 Å². The average molecular weight is 999 g/mol. The monoisotopic (exact) mass is 998 g/mol. The van der Waals surface area contributed by atoms with Crippen LogP contribution < -0.4 is 4.74 Å². The average Bonchev–Trinajstić information content (AvgIpc) is 3.89. The van der Waals surface area contributed by atoms with Crippen molar-refractivity contribution in [2.24, 2.45) is 22.7 Å². The molecule has 0 saturated heterocycles. The van der Waals surface area contributed by atoms with Crippen LogP contribution in [-0.2, 0) is 31.9 Å². The van der Waals surface area contributed by atoms with Crippen LogP contribution in [0.2, 0.25) is 0 Å². The Labute approximate surface area is 378 Å². The number of furan rings is 1. The maximum atomic E-state index is 6.85. The Bertz CT molecular complexity index is 3260. The Morgan fingerprint density at radius 3 is 2.26 bits per heavy atom. The second kappa shape index (κ2) is 13.9. The first-order chi connectivity index (χ1) is 29.0. The van der Waals surface area contributed by atoms with Gasteiger partial charge in [-0.2, -0.15) is 28.2 Å². The van der Waals surface area contributed by atoms with Gasteiger partial charge in [-0.1, -0.05) is 123 Å². The van der Waals surface area contributed by atoms with Gasteiger partial charge in [-0.05, 0) is 93.8 Å². The minimum absolute atomic E-state index is 0. The zero-order valence-electron chi connectivity index (χ0n) is 37.3. The van der Waals surface area contributed by atoms with Crippen LogP contribution in [-0.4, -0.2) is 23.9 Å². The molecule has 5 heterocycles. The third-order valence-electron chi connectivity index (χ3n) is 14.4. The quantitative estimate of drug-likeness (QED) is 0.161. The molecule has 0 radical (unpaired) electrons. The zero-order valence-corrected chi connectivity index (χ0v) is 39.6. The summed E-state index contributed by atoms with van der Waals surface area (Å²) in [6.45, 7) is 24.0. The molecule has 0 N–H and O–H groups in total. The standard InChI is InChI=1S/C54H53N5O2.Pt/c1-31-19-20-35(23-32(31)2)58-49-43(59-42-17-13-12-16-40(42)56-50(58)59)21-22-46(57-49)60-45-25-33(24-37-36-15-11-14-18-44(36)61-47(37)45)41-26-38-39(29-55-41)54(9,10)48(53(38,7)8)34-27-51(3,4)30-52(5,6)28-34;/h11-19,21-24,26,29,34,48H,27-28,30H2,1-10H3;/q-2;+2. The summed E-state index contributed by atoms with van der Waals surface area (Å²) in [6, 6.07) is 36.2. The van der Waals surface area contributed by atoms with Crippen LogP contribution in [0.5, 0.6) is 11.6 Å². The summed E-state index contributed by atoms with van der Waals surface area (Å²) >= 11 is 0. The largest absolute Gasteiger partial charge is 2.00 e. The van der Waals surface area contributed by atoms with Crippen LogP contribution >= 0.6 is 0 Å². The Kier molecular flexibility index (Phi) is 9.12. The predicted octanol–water partition coefficient (Wildman–Crippen LogP) is 13.8. The number of ether oxygens (including phenoxy) is 1. The molecule has 9 aromatic rings. The summed E-state index contributed by atoms with van der Waals surface area (Å²) in [6.07, 6.45) is 5.92. The van der Waals surface area contributed by atoms with E-state index in [-0.39, 0.29) is 31.9 Å². The van der Waals surface area contributed by atoms with Crippen molar-refractivity contribution in [3.8, 4) is 28.6 Å². The topological polar surface area (TPSA) is 70.4 Å². The van der Waals surface area contributed by atoms with E-state index in [0.29, 0.717) is 45.5 Å². The van der Waals surface area contributed by atoms with Crippen LogP contribution in [0.15, 0.2) is 95.5 Å². The fourth-order valence-corrected chi connectivity index (χ4v) is 12.6. The first-order valence-corrected chi connectivity index (χ1v) is 21.8. The normalized spacial score (nSPS) is 19.1. The van der Waals surface area contributed by atoms with Gasteiger partial charge in [0.2, 0.25) is 11.7 Å². The minimum Gasteiger partial charge on any atom is -0.497 e. The van der Waals surface area contributed by atoms with Gasteiger partial charge in [0, 0.05) is 17.6 Å². The predicted molar refractivity (Wildman–Crippen MR) is 246 cm³/mol. The molecule has 2 aliphatic carbocycles. The van der Waals surface area contributed by atoms with Gasteiger partial charge in [-0.15, -0.1) is 17.7 Å². The van der Waals surface area contributed by atoms with E-state index in [1.807, 2.05) is 48.5 Å². The van der Waals surface area contributed by atoms with Crippen molar-refractivity contribution >= 4 is 49.9 Å². The van der Waals surface area contributed by atoms with Crippen molar-refractivity contribution in [1.82, 2.24) is 23.9 Å². The molecule has 2 aliphatic rings. The SMILES string of the molecule is Cc1c[c-]c(-n2c3nc(Oc4[c-]c(-c5cc6c(cn5)C(C)(C)C(C5CC(C)(C)CC(C)(C)C5)C6(C)C)cc5c4oc4ccccc45)ccc3n3c4ccccc4nc23)cc1C.[Pt+2]. The maximum absolute atomic E-state index is 6.85. The summed E-state index contributed by atoms with van der Waals surface area (Å²) in [7, 11) is 0. The molecule has 7 nitrogen and oxygen atoms in total. The molecule has 4 aromatic carbocycles. The molecule has 8 heteroatoms. The molecule has 316 valence electrons. The van der Waals surface area contributed by atoms with E-state index in [2.05, 4.69) is 133 Å².